The van der Waals surface area contributed by atoms with Gasteiger partial charge in [0.1, 0.15) is 0 Å². The summed E-state index contributed by atoms with van der Waals surface area (Å²) in [6, 6.07) is 12.4. The number of rotatable bonds is 8. The highest BCUT2D eigenvalue weighted by atomic mass is 32.1. The second-order valence-electron chi connectivity index (χ2n) is 7.69. The number of hydrogen-bond acceptors (Lipinski definition) is 5. The van der Waals surface area contributed by atoms with Crippen LogP contribution in [0.5, 0.6) is 11.5 Å². The van der Waals surface area contributed by atoms with Crippen molar-refractivity contribution in [1.82, 2.24) is 4.98 Å². The van der Waals surface area contributed by atoms with Crippen molar-refractivity contribution in [3.63, 3.8) is 0 Å². The Balaban J connectivity index is 1.35. The first-order chi connectivity index (χ1) is 15.2. The van der Waals surface area contributed by atoms with Gasteiger partial charge in [-0.15, -0.1) is 11.3 Å². The lowest BCUT2D eigenvalue weighted by atomic mass is 9.90. The summed E-state index contributed by atoms with van der Waals surface area (Å²) in [5.41, 5.74) is 5.98. The molecule has 31 heavy (non-hydrogen) atoms. The first-order valence-corrected chi connectivity index (χ1v) is 11.7. The van der Waals surface area contributed by atoms with Gasteiger partial charge in [-0.1, -0.05) is 18.2 Å². The SMILES string of the molecule is CCOc1ccc(CCC(=O)Nc2nc(-c3ccc4c(c3)CCCC4)cs2)cc1OC. The van der Waals surface area contributed by atoms with Gasteiger partial charge in [0.2, 0.25) is 5.91 Å². The first kappa shape index (κ1) is 21.4. The average molecular weight is 437 g/mol. The second kappa shape index (κ2) is 9.96. The Morgan fingerprint density at radius 1 is 1.10 bits per heavy atom. The van der Waals surface area contributed by atoms with Crippen LogP contribution < -0.4 is 14.8 Å². The molecular weight excluding hydrogens is 408 g/mol. The van der Waals surface area contributed by atoms with Crippen molar-refractivity contribution in [3.05, 3.63) is 58.5 Å². The van der Waals surface area contributed by atoms with E-state index in [2.05, 4.69) is 28.5 Å². The van der Waals surface area contributed by atoms with Crippen molar-refractivity contribution in [3.8, 4) is 22.8 Å². The van der Waals surface area contributed by atoms with Gasteiger partial charge in [-0.25, -0.2) is 4.98 Å². The maximum Gasteiger partial charge on any atom is 0.226 e. The van der Waals surface area contributed by atoms with Crippen molar-refractivity contribution in [2.75, 3.05) is 19.0 Å². The standard InChI is InChI=1S/C25H28N2O3S/c1-3-30-22-12-8-17(14-23(22)29-2)9-13-24(28)27-25-26-21(16-31-25)20-11-10-18-6-4-5-7-19(18)15-20/h8,10-12,14-16H,3-7,9,13H2,1-2H3,(H,26,27,28). The number of aryl methyl sites for hydroxylation is 3. The first-order valence-electron chi connectivity index (χ1n) is 10.8. The molecule has 1 aliphatic rings. The highest BCUT2D eigenvalue weighted by Crippen LogP contribution is 2.30. The fraction of sp³-hybridized carbons (Fsp3) is 0.360. The lowest BCUT2D eigenvalue weighted by Gasteiger charge is -2.16. The number of ether oxygens (including phenoxy) is 2. The second-order valence-corrected chi connectivity index (χ2v) is 8.55. The molecule has 0 fully saturated rings. The van der Waals surface area contributed by atoms with Gasteiger partial charge in [0.05, 0.1) is 19.4 Å². The Hall–Kier alpha value is -2.86. The fourth-order valence-corrected chi connectivity index (χ4v) is 4.67. The maximum absolute atomic E-state index is 12.4. The molecule has 1 aliphatic carbocycles. The fourth-order valence-electron chi connectivity index (χ4n) is 3.94. The van der Waals surface area contributed by atoms with Crippen LogP contribution in [0.3, 0.4) is 0 Å². The van der Waals surface area contributed by atoms with Crippen molar-refractivity contribution in [2.45, 2.75) is 45.4 Å². The van der Waals surface area contributed by atoms with E-state index in [1.165, 1.54) is 41.7 Å². The number of methoxy groups -OCH3 is 1. The molecule has 4 rings (SSSR count). The molecular formula is C25H28N2O3S. The summed E-state index contributed by atoms with van der Waals surface area (Å²) >= 11 is 1.47. The number of nitrogens with zero attached hydrogens (tertiary/aromatic N) is 1. The quantitative estimate of drug-likeness (QED) is 0.494. The Kier molecular flexibility index (Phi) is 6.87. The van der Waals surface area contributed by atoms with Crippen molar-refractivity contribution < 1.29 is 14.3 Å². The van der Waals surface area contributed by atoms with Gasteiger partial charge in [0, 0.05) is 17.4 Å². The predicted molar refractivity (Wildman–Crippen MR) is 125 cm³/mol. The van der Waals surface area contributed by atoms with Crippen LogP contribution in [-0.2, 0) is 24.1 Å². The molecule has 0 atom stereocenters. The number of aromatic nitrogens is 1. The highest BCUT2D eigenvalue weighted by Gasteiger charge is 2.13. The lowest BCUT2D eigenvalue weighted by molar-refractivity contribution is -0.116. The molecule has 0 aliphatic heterocycles. The van der Waals surface area contributed by atoms with E-state index in [-0.39, 0.29) is 5.91 Å². The van der Waals surface area contributed by atoms with Crippen LogP contribution >= 0.6 is 11.3 Å². The minimum absolute atomic E-state index is 0.0424. The molecule has 0 saturated carbocycles. The third kappa shape index (κ3) is 5.25. The normalized spacial score (nSPS) is 12.8. The summed E-state index contributed by atoms with van der Waals surface area (Å²) in [6.07, 6.45) is 5.86. The number of thiazole rings is 1. The van der Waals surface area contributed by atoms with Crippen LogP contribution in [0.1, 0.15) is 42.9 Å². The summed E-state index contributed by atoms with van der Waals surface area (Å²) in [5, 5.41) is 5.59. The number of anilines is 1. The van der Waals surface area contributed by atoms with Gasteiger partial charge in [0.25, 0.3) is 0 Å². The third-order valence-electron chi connectivity index (χ3n) is 5.56. The molecule has 1 heterocycles. The molecule has 1 N–H and O–H groups in total. The molecule has 0 bridgehead atoms. The van der Waals surface area contributed by atoms with Crippen LogP contribution in [0.25, 0.3) is 11.3 Å². The average Bonchev–Trinajstić information content (AvgIpc) is 3.26. The van der Waals surface area contributed by atoms with Crippen LogP contribution in [0.2, 0.25) is 0 Å². The highest BCUT2D eigenvalue weighted by molar-refractivity contribution is 7.14. The zero-order valence-electron chi connectivity index (χ0n) is 18.1. The molecule has 0 spiro atoms. The zero-order chi connectivity index (χ0) is 21.6. The molecule has 3 aromatic rings. The summed E-state index contributed by atoms with van der Waals surface area (Å²) in [6.45, 7) is 2.52. The van der Waals surface area contributed by atoms with Gasteiger partial charge < -0.3 is 14.8 Å². The van der Waals surface area contributed by atoms with Crippen molar-refractivity contribution >= 4 is 22.4 Å². The molecule has 5 nitrogen and oxygen atoms in total. The van der Waals surface area contributed by atoms with Gasteiger partial charge in [0.15, 0.2) is 16.6 Å². The zero-order valence-corrected chi connectivity index (χ0v) is 18.9. The Labute approximate surface area is 187 Å². The van der Waals surface area contributed by atoms with Crippen LogP contribution in [0.4, 0.5) is 5.13 Å². The van der Waals surface area contributed by atoms with E-state index in [1.54, 1.807) is 7.11 Å². The Morgan fingerprint density at radius 3 is 2.74 bits per heavy atom. The molecule has 6 heteroatoms. The summed E-state index contributed by atoms with van der Waals surface area (Å²) in [7, 11) is 1.62. The summed E-state index contributed by atoms with van der Waals surface area (Å²) < 4.78 is 10.9. The summed E-state index contributed by atoms with van der Waals surface area (Å²) in [4.78, 5) is 17.1. The number of benzene rings is 2. The number of hydrogen-bond donors (Lipinski definition) is 1. The van der Waals surface area contributed by atoms with E-state index in [9.17, 15) is 4.79 Å². The smallest absolute Gasteiger partial charge is 0.226 e. The van der Waals surface area contributed by atoms with Crippen LogP contribution in [0, 0.1) is 0 Å². The molecule has 162 valence electrons. The van der Waals surface area contributed by atoms with Gasteiger partial charge in [-0.2, -0.15) is 0 Å². The molecule has 2 aromatic carbocycles. The molecule has 1 amide bonds. The Bertz CT molecular complexity index is 1060. The van der Waals surface area contributed by atoms with Gasteiger partial charge in [-0.05, 0) is 73.9 Å². The minimum atomic E-state index is -0.0424. The molecule has 0 saturated heterocycles. The lowest BCUT2D eigenvalue weighted by Crippen LogP contribution is -2.12. The van der Waals surface area contributed by atoms with Crippen molar-refractivity contribution in [2.24, 2.45) is 0 Å². The number of fused-ring (bicyclic) bond motifs is 1. The number of amides is 1. The van der Waals surface area contributed by atoms with Gasteiger partial charge in [-0.3, -0.25) is 4.79 Å². The summed E-state index contributed by atoms with van der Waals surface area (Å²) in [5.74, 6) is 1.37. The van der Waals surface area contributed by atoms with Gasteiger partial charge >= 0.3 is 0 Å². The minimum Gasteiger partial charge on any atom is -0.493 e. The maximum atomic E-state index is 12.4. The largest absolute Gasteiger partial charge is 0.493 e. The van der Waals surface area contributed by atoms with Crippen LogP contribution in [0.15, 0.2) is 41.8 Å². The van der Waals surface area contributed by atoms with E-state index in [0.717, 1.165) is 29.0 Å². The predicted octanol–water partition coefficient (Wildman–Crippen LogP) is 5.67. The third-order valence-corrected chi connectivity index (χ3v) is 6.32. The van der Waals surface area contributed by atoms with Crippen molar-refractivity contribution in [1.29, 1.82) is 0 Å². The topological polar surface area (TPSA) is 60.5 Å². The number of carbonyl (C=O) groups is 1. The van der Waals surface area contributed by atoms with E-state index < -0.39 is 0 Å². The van der Waals surface area contributed by atoms with E-state index in [1.807, 2.05) is 30.5 Å². The molecule has 0 unspecified atom stereocenters. The Morgan fingerprint density at radius 2 is 1.94 bits per heavy atom. The van der Waals surface area contributed by atoms with E-state index >= 15 is 0 Å². The molecule has 1 aromatic heterocycles. The monoisotopic (exact) mass is 436 g/mol. The number of nitrogens with one attached hydrogen (secondary N) is 1. The van der Waals surface area contributed by atoms with E-state index in [4.69, 9.17) is 9.47 Å². The molecule has 0 radical (unpaired) electrons. The van der Waals surface area contributed by atoms with E-state index in [0.29, 0.717) is 30.3 Å². The van der Waals surface area contributed by atoms with Crippen LogP contribution in [-0.4, -0.2) is 24.6 Å². The number of carbonyl (C=O) groups excluding carboxylic acids is 1.